The first-order valence-corrected chi connectivity index (χ1v) is 3.17. The quantitative estimate of drug-likeness (QED) is 0.450. The molecule has 5 nitrogen and oxygen atoms in total. The van der Waals surface area contributed by atoms with Crippen molar-refractivity contribution in [3.8, 4) is 0 Å². The van der Waals surface area contributed by atoms with E-state index in [-0.39, 0.29) is 0 Å². The van der Waals surface area contributed by atoms with E-state index in [2.05, 4.69) is 4.84 Å². The van der Waals surface area contributed by atoms with E-state index in [4.69, 9.17) is 5.11 Å². The highest BCUT2D eigenvalue weighted by Gasteiger charge is 2.22. The molecular weight excluding hydrogens is 150 g/mol. The first-order valence-electron chi connectivity index (χ1n) is 3.17. The number of carbonyl (C=O) groups is 2. The van der Waals surface area contributed by atoms with Crippen LogP contribution in [-0.2, 0) is 14.4 Å². The molecule has 0 fully saturated rings. The maximum atomic E-state index is 10.4. The van der Waals surface area contributed by atoms with Crippen LogP contribution in [0.3, 0.4) is 0 Å². The molecule has 0 aliphatic rings. The minimum atomic E-state index is -1.07. The first kappa shape index (κ1) is 9.90. The lowest BCUT2D eigenvalue weighted by Crippen LogP contribution is -2.38. The normalized spacial score (nSPS) is 12.2. The molecule has 0 radical (unpaired) electrons. The number of hydrogen-bond acceptors (Lipinski definition) is 3. The molecule has 0 bridgehead atoms. The number of hydroxylamine groups is 2. The Morgan fingerprint density at radius 3 is 2.45 bits per heavy atom. The largest absolute Gasteiger partial charge is 0.480 e. The predicted molar refractivity (Wildman–Crippen MR) is 36.6 cm³/mol. The average molecular weight is 161 g/mol. The van der Waals surface area contributed by atoms with E-state index in [1.54, 1.807) is 6.92 Å². The molecule has 0 aliphatic carbocycles. The smallest absolute Gasteiger partial charge is 0.329 e. The average Bonchev–Trinajstić information content (AvgIpc) is 1.99. The summed E-state index contributed by atoms with van der Waals surface area (Å²) in [5.41, 5.74) is 0. The van der Waals surface area contributed by atoms with E-state index < -0.39 is 12.0 Å². The first-order chi connectivity index (χ1) is 5.17. The van der Waals surface area contributed by atoms with Gasteiger partial charge in [0.25, 0.3) is 0 Å². The second-order valence-electron chi connectivity index (χ2n) is 1.91. The Kier molecular flexibility index (Phi) is 4.21. The zero-order chi connectivity index (χ0) is 8.85. The Labute approximate surface area is 64.5 Å². The summed E-state index contributed by atoms with van der Waals surface area (Å²) in [6, 6.07) is -0.891. The van der Waals surface area contributed by atoms with Gasteiger partial charge in [-0.25, -0.2) is 9.86 Å². The lowest BCUT2D eigenvalue weighted by Gasteiger charge is -2.20. The molecule has 0 aromatic rings. The summed E-state index contributed by atoms with van der Waals surface area (Å²) >= 11 is 0. The molecule has 1 N–H and O–H groups in total. The highest BCUT2D eigenvalue weighted by atomic mass is 16.7. The van der Waals surface area contributed by atoms with Crippen molar-refractivity contribution in [2.75, 3.05) is 7.11 Å². The number of amides is 1. The van der Waals surface area contributed by atoms with Crippen LogP contribution in [0.15, 0.2) is 0 Å². The van der Waals surface area contributed by atoms with E-state index in [1.165, 1.54) is 7.11 Å². The monoisotopic (exact) mass is 161 g/mol. The van der Waals surface area contributed by atoms with Gasteiger partial charge in [-0.3, -0.25) is 9.63 Å². The zero-order valence-corrected chi connectivity index (χ0v) is 6.48. The molecular formula is C6H11NO4. The summed E-state index contributed by atoms with van der Waals surface area (Å²) in [5.74, 6) is -1.07. The van der Waals surface area contributed by atoms with E-state index in [0.29, 0.717) is 12.8 Å². The van der Waals surface area contributed by atoms with Gasteiger partial charge < -0.3 is 5.11 Å². The third kappa shape index (κ3) is 2.55. The van der Waals surface area contributed by atoms with E-state index in [1.807, 2.05) is 0 Å². The third-order valence-corrected chi connectivity index (χ3v) is 1.29. The number of hydrogen-bond donors (Lipinski definition) is 1. The molecule has 0 saturated heterocycles. The maximum Gasteiger partial charge on any atom is 0.329 e. The van der Waals surface area contributed by atoms with Gasteiger partial charge in [0.05, 0.1) is 7.11 Å². The number of carboxylic acids is 1. The Morgan fingerprint density at radius 1 is 1.82 bits per heavy atom. The van der Waals surface area contributed by atoms with Crippen LogP contribution in [0.5, 0.6) is 0 Å². The molecule has 5 heteroatoms. The van der Waals surface area contributed by atoms with Crippen LogP contribution in [0.4, 0.5) is 0 Å². The zero-order valence-electron chi connectivity index (χ0n) is 6.48. The van der Waals surface area contributed by atoms with Crippen molar-refractivity contribution in [3.63, 3.8) is 0 Å². The predicted octanol–water partition coefficient (Wildman–Crippen LogP) is -0.131. The molecule has 1 unspecified atom stereocenters. The summed E-state index contributed by atoms with van der Waals surface area (Å²) in [5, 5.41) is 9.29. The van der Waals surface area contributed by atoms with Crippen molar-refractivity contribution >= 4 is 12.4 Å². The number of aliphatic carboxylic acids is 1. The molecule has 0 aromatic heterocycles. The Bertz CT molecular complexity index is 148. The van der Waals surface area contributed by atoms with Gasteiger partial charge in [-0.05, 0) is 6.42 Å². The van der Waals surface area contributed by atoms with Crippen LogP contribution >= 0.6 is 0 Å². The summed E-state index contributed by atoms with van der Waals surface area (Å²) in [6.07, 6.45) is 0.671. The Hall–Kier alpha value is -1.10. The molecule has 1 atom stereocenters. The number of rotatable bonds is 5. The molecule has 0 heterocycles. The minimum absolute atomic E-state index is 0.321. The van der Waals surface area contributed by atoms with Gasteiger partial charge in [0.2, 0.25) is 6.41 Å². The topological polar surface area (TPSA) is 66.8 Å². The number of nitrogens with zero attached hydrogens (tertiary/aromatic N) is 1. The third-order valence-electron chi connectivity index (χ3n) is 1.29. The fraction of sp³-hybridized carbons (Fsp3) is 0.667. The SMILES string of the molecule is CCC(C(=O)O)N(C=O)OC. The highest BCUT2D eigenvalue weighted by Crippen LogP contribution is 2.01. The number of carbonyl (C=O) groups excluding carboxylic acids is 1. The summed E-state index contributed by atoms with van der Waals surface area (Å²) in [7, 11) is 1.25. The Balaban J connectivity index is 4.20. The van der Waals surface area contributed by atoms with Gasteiger partial charge in [0, 0.05) is 0 Å². The maximum absolute atomic E-state index is 10.4. The molecule has 1 amide bonds. The van der Waals surface area contributed by atoms with Crippen molar-refractivity contribution in [2.24, 2.45) is 0 Å². The summed E-state index contributed by atoms with van der Waals surface area (Å²) in [6.45, 7) is 1.66. The minimum Gasteiger partial charge on any atom is -0.480 e. The van der Waals surface area contributed by atoms with Crippen LogP contribution in [0.25, 0.3) is 0 Å². The lowest BCUT2D eigenvalue weighted by molar-refractivity contribution is -0.185. The van der Waals surface area contributed by atoms with E-state index in [0.717, 1.165) is 5.06 Å². The van der Waals surface area contributed by atoms with Gasteiger partial charge in [-0.15, -0.1) is 0 Å². The van der Waals surface area contributed by atoms with Crippen LogP contribution < -0.4 is 0 Å². The molecule has 0 rings (SSSR count). The molecule has 0 aromatic carbocycles. The van der Waals surface area contributed by atoms with Crippen LogP contribution in [0.1, 0.15) is 13.3 Å². The van der Waals surface area contributed by atoms with Crippen LogP contribution in [-0.4, -0.2) is 35.7 Å². The van der Waals surface area contributed by atoms with Gasteiger partial charge in [0.1, 0.15) is 0 Å². The fourth-order valence-electron chi connectivity index (χ4n) is 0.707. The van der Waals surface area contributed by atoms with Gasteiger partial charge in [-0.1, -0.05) is 6.92 Å². The second kappa shape index (κ2) is 4.68. The second-order valence-corrected chi connectivity index (χ2v) is 1.91. The standard InChI is InChI=1S/C6H11NO4/c1-3-5(6(9)10)7(4-8)11-2/h4-5H,3H2,1-2H3,(H,9,10). The van der Waals surface area contributed by atoms with Gasteiger partial charge in [-0.2, -0.15) is 0 Å². The number of carboxylic acid groups (broad SMARTS) is 1. The fourth-order valence-corrected chi connectivity index (χ4v) is 0.707. The van der Waals surface area contributed by atoms with Crippen LogP contribution in [0.2, 0.25) is 0 Å². The van der Waals surface area contributed by atoms with E-state index >= 15 is 0 Å². The Morgan fingerprint density at radius 2 is 2.36 bits per heavy atom. The van der Waals surface area contributed by atoms with Gasteiger partial charge in [0.15, 0.2) is 6.04 Å². The van der Waals surface area contributed by atoms with Crippen molar-refractivity contribution in [2.45, 2.75) is 19.4 Å². The van der Waals surface area contributed by atoms with Crippen molar-refractivity contribution < 1.29 is 19.5 Å². The highest BCUT2D eigenvalue weighted by molar-refractivity contribution is 5.75. The van der Waals surface area contributed by atoms with Crippen LogP contribution in [0, 0.1) is 0 Å². The van der Waals surface area contributed by atoms with Crippen molar-refractivity contribution in [3.05, 3.63) is 0 Å². The van der Waals surface area contributed by atoms with Crippen molar-refractivity contribution in [1.29, 1.82) is 0 Å². The summed E-state index contributed by atoms with van der Waals surface area (Å²) in [4.78, 5) is 25.1. The van der Waals surface area contributed by atoms with E-state index in [9.17, 15) is 9.59 Å². The molecule has 11 heavy (non-hydrogen) atoms. The lowest BCUT2D eigenvalue weighted by atomic mass is 10.2. The van der Waals surface area contributed by atoms with Gasteiger partial charge >= 0.3 is 5.97 Å². The molecule has 0 saturated carbocycles. The van der Waals surface area contributed by atoms with Crippen molar-refractivity contribution in [1.82, 2.24) is 5.06 Å². The molecule has 0 aliphatic heterocycles. The molecule has 0 spiro atoms. The molecule has 64 valence electrons. The summed E-state index contributed by atoms with van der Waals surface area (Å²) < 4.78 is 0.